The van der Waals surface area contributed by atoms with E-state index >= 15 is 0 Å². The number of aromatic nitrogens is 4. The van der Waals surface area contributed by atoms with Gasteiger partial charge in [0, 0.05) is 37.1 Å². The topological polar surface area (TPSA) is 128 Å². The second-order valence-electron chi connectivity index (χ2n) is 8.06. The quantitative estimate of drug-likeness (QED) is 0.129. The van der Waals surface area contributed by atoms with Crippen molar-refractivity contribution >= 4 is 46.3 Å². The number of nitro groups is 1. The first-order valence-electron chi connectivity index (χ1n) is 11.2. The van der Waals surface area contributed by atoms with Crippen molar-refractivity contribution in [3.05, 3.63) is 52.2 Å². The molecule has 0 bridgehead atoms. The lowest BCUT2D eigenvalue weighted by molar-refractivity contribution is -0.384. The molecular formula is C23H29N7O3S. The summed E-state index contributed by atoms with van der Waals surface area (Å²) in [6, 6.07) is 5.99. The van der Waals surface area contributed by atoms with Crippen LogP contribution in [0.25, 0.3) is 17.1 Å². The molecule has 3 rings (SSSR count). The monoisotopic (exact) mass is 483 g/mol. The second kappa shape index (κ2) is 12.1. The Bertz CT molecular complexity index is 1160. The molecule has 3 aromatic rings. The SMILES string of the molecule is CCCSc1nc(NCC(C)C)c2cnn(CCNC(=O)/C=C\c3ccc([N+](=O)[O-])cc3)c2n1. The summed E-state index contributed by atoms with van der Waals surface area (Å²) in [7, 11) is 0. The maximum Gasteiger partial charge on any atom is 0.269 e. The van der Waals surface area contributed by atoms with Gasteiger partial charge in [-0.2, -0.15) is 5.10 Å². The fourth-order valence-corrected chi connectivity index (χ4v) is 3.71. The van der Waals surface area contributed by atoms with Gasteiger partial charge in [-0.25, -0.2) is 14.6 Å². The van der Waals surface area contributed by atoms with Crippen molar-refractivity contribution in [2.24, 2.45) is 5.92 Å². The van der Waals surface area contributed by atoms with Crippen LogP contribution < -0.4 is 10.6 Å². The fraction of sp³-hybridized carbons (Fsp3) is 0.391. The highest BCUT2D eigenvalue weighted by Crippen LogP contribution is 2.25. The molecule has 0 aliphatic carbocycles. The van der Waals surface area contributed by atoms with E-state index in [1.54, 1.807) is 40.8 Å². The first kappa shape index (κ1) is 25.2. The van der Waals surface area contributed by atoms with Gasteiger partial charge >= 0.3 is 0 Å². The van der Waals surface area contributed by atoms with E-state index in [0.29, 0.717) is 29.7 Å². The largest absolute Gasteiger partial charge is 0.369 e. The van der Waals surface area contributed by atoms with Gasteiger partial charge in [-0.15, -0.1) is 0 Å². The molecule has 1 aromatic carbocycles. The average Bonchev–Trinajstić information content (AvgIpc) is 3.23. The number of hydrogen-bond donors (Lipinski definition) is 2. The Balaban J connectivity index is 1.64. The third kappa shape index (κ3) is 7.01. The van der Waals surface area contributed by atoms with Crippen LogP contribution >= 0.6 is 11.8 Å². The van der Waals surface area contributed by atoms with Crippen molar-refractivity contribution in [2.75, 3.05) is 24.2 Å². The number of anilines is 1. The number of carbonyl (C=O) groups excluding carboxylic acids is 1. The van der Waals surface area contributed by atoms with Crippen LogP contribution in [0.15, 0.2) is 41.7 Å². The standard InChI is InChI=1S/C23H29N7O3S/c1-4-13-34-23-27-21(25-14-16(2)3)19-15-26-29(22(19)28-23)12-11-24-20(31)10-7-17-5-8-18(9-6-17)30(32)33/h5-10,15-16H,4,11-14H2,1-3H3,(H,24,31)(H,25,27,28)/b10-7-. The van der Waals surface area contributed by atoms with E-state index in [1.807, 2.05) is 0 Å². The van der Waals surface area contributed by atoms with E-state index in [9.17, 15) is 14.9 Å². The summed E-state index contributed by atoms with van der Waals surface area (Å²) >= 11 is 1.61. The molecule has 180 valence electrons. The van der Waals surface area contributed by atoms with Crippen LogP contribution in [0, 0.1) is 16.0 Å². The molecule has 10 nitrogen and oxygen atoms in total. The molecule has 0 aliphatic heterocycles. The average molecular weight is 484 g/mol. The number of non-ortho nitro benzene ring substituents is 1. The van der Waals surface area contributed by atoms with Crippen LogP contribution in [-0.2, 0) is 11.3 Å². The highest BCUT2D eigenvalue weighted by atomic mass is 32.2. The van der Waals surface area contributed by atoms with Gasteiger partial charge in [-0.05, 0) is 36.1 Å². The minimum absolute atomic E-state index is 0.00988. The van der Waals surface area contributed by atoms with Crippen LogP contribution in [0.1, 0.15) is 32.8 Å². The molecule has 0 spiro atoms. The molecule has 0 atom stereocenters. The normalized spacial score (nSPS) is 11.4. The zero-order chi connectivity index (χ0) is 24.5. The fourth-order valence-electron chi connectivity index (χ4n) is 3.02. The number of carbonyl (C=O) groups is 1. The lowest BCUT2D eigenvalue weighted by atomic mass is 10.2. The highest BCUT2D eigenvalue weighted by molar-refractivity contribution is 7.99. The van der Waals surface area contributed by atoms with Gasteiger partial charge in [0.05, 0.1) is 23.1 Å². The molecule has 34 heavy (non-hydrogen) atoms. The molecule has 0 saturated carbocycles. The summed E-state index contributed by atoms with van der Waals surface area (Å²) in [6.45, 7) is 8.02. The first-order valence-corrected chi connectivity index (χ1v) is 12.2. The first-order chi connectivity index (χ1) is 16.4. The number of nitrogens with zero attached hydrogens (tertiary/aromatic N) is 5. The van der Waals surface area contributed by atoms with Gasteiger partial charge in [-0.1, -0.05) is 32.5 Å². The molecule has 2 heterocycles. The molecule has 0 aliphatic rings. The smallest absolute Gasteiger partial charge is 0.269 e. The molecule has 0 saturated heterocycles. The maximum atomic E-state index is 12.2. The summed E-state index contributed by atoms with van der Waals surface area (Å²) in [5.74, 6) is 1.92. The van der Waals surface area contributed by atoms with Crippen LogP contribution in [0.5, 0.6) is 0 Å². The zero-order valence-electron chi connectivity index (χ0n) is 19.5. The number of benzene rings is 1. The van der Waals surface area contributed by atoms with E-state index in [0.717, 1.165) is 35.6 Å². The Kier molecular flexibility index (Phi) is 8.97. The van der Waals surface area contributed by atoms with E-state index in [2.05, 4.69) is 41.5 Å². The van der Waals surface area contributed by atoms with Crippen molar-refractivity contribution in [3.63, 3.8) is 0 Å². The minimum atomic E-state index is -0.459. The van der Waals surface area contributed by atoms with Crippen LogP contribution in [0.3, 0.4) is 0 Å². The highest BCUT2D eigenvalue weighted by Gasteiger charge is 2.14. The third-order valence-electron chi connectivity index (χ3n) is 4.74. The van der Waals surface area contributed by atoms with Gasteiger partial charge in [0.25, 0.3) is 5.69 Å². The van der Waals surface area contributed by atoms with Crippen LogP contribution in [0.2, 0.25) is 0 Å². The summed E-state index contributed by atoms with van der Waals surface area (Å²) in [6.07, 6.45) is 5.79. The van der Waals surface area contributed by atoms with Gasteiger partial charge in [0.1, 0.15) is 5.82 Å². The molecule has 11 heteroatoms. The number of hydrogen-bond acceptors (Lipinski definition) is 8. The van der Waals surface area contributed by atoms with Gasteiger partial charge in [0.2, 0.25) is 5.91 Å². The number of nitrogens with one attached hydrogen (secondary N) is 2. The maximum absolute atomic E-state index is 12.2. The van der Waals surface area contributed by atoms with Crippen molar-refractivity contribution in [1.29, 1.82) is 0 Å². The summed E-state index contributed by atoms with van der Waals surface area (Å²) in [5, 5.41) is 23.0. The molecule has 2 aromatic heterocycles. The number of thioether (sulfide) groups is 1. The predicted molar refractivity (Wildman–Crippen MR) is 135 cm³/mol. The molecule has 2 N–H and O–H groups in total. The number of amides is 1. The van der Waals surface area contributed by atoms with Gasteiger partial charge < -0.3 is 10.6 Å². The molecular weight excluding hydrogens is 454 g/mol. The molecule has 0 fully saturated rings. The van der Waals surface area contributed by atoms with Gasteiger partial charge in [-0.3, -0.25) is 14.9 Å². The minimum Gasteiger partial charge on any atom is -0.369 e. The van der Waals surface area contributed by atoms with Crippen molar-refractivity contribution < 1.29 is 9.72 Å². The van der Waals surface area contributed by atoms with E-state index in [-0.39, 0.29) is 11.6 Å². The molecule has 1 amide bonds. The Morgan fingerprint density at radius 1 is 1.26 bits per heavy atom. The lowest BCUT2D eigenvalue weighted by Crippen LogP contribution is -2.25. The van der Waals surface area contributed by atoms with Crippen LogP contribution in [0.4, 0.5) is 11.5 Å². The predicted octanol–water partition coefficient (Wildman–Crippen LogP) is 4.13. The zero-order valence-corrected chi connectivity index (χ0v) is 20.3. The number of rotatable bonds is 12. The molecule has 0 unspecified atom stereocenters. The summed E-state index contributed by atoms with van der Waals surface area (Å²) < 4.78 is 1.77. The van der Waals surface area contributed by atoms with Crippen molar-refractivity contribution in [2.45, 2.75) is 38.9 Å². The second-order valence-corrected chi connectivity index (χ2v) is 9.12. The van der Waals surface area contributed by atoms with E-state index in [1.165, 1.54) is 18.2 Å². The summed E-state index contributed by atoms with van der Waals surface area (Å²) in [5.41, 5.74) is 1.44. The van der Waals surface area contributed by atoms with Crippen molar-refractivity contribution in [3.8, 4) is 0 Å². The molecule has 0 radical (unpaired) electrons. The Labute approximate surface area is 202 Å². The number of nitro benzene ring substituents is 1. The third-order valence-corrected chi connectivity index (χ3v) is 5.80. The Hall–Kier alpha value is -3.47. The Morgan fingerprint density at radius 2 is 2.03 bits per heavy atom. The van der Waals surface area contributed by atoms with Gasteiger partial charge in [0.15, 0.2) is 10.8 Å². The van der Waals surface area contributed by atoms with E-state index < -0.39 is 4.92 Å². The van der Waals surface area contributed by atoms with Crippen molar-refractivity contribution in [1.82, 2.24) is 25.1 Å². The summed E-state index contributed by atoms with van der Waals surface area (Å²) in [4.78, 5) is 31.8. The Morgan fingerprint density at radius 3 is 2.71 bits per heavy atom. The lowest BCUT2D eigenvalue weighted by Gasteiger charge is -2.11. The van der Waals surface area contributed by atoms with Crippen LogP contribution in [-0.4, -0.2) is 49.4 Å². The van der Waals surface area contributed by atoms with E-state index in [4.69, 9.17) is 4.98 Å². The number of fused-ring (bicyclic) bond motifs is 1.